The van der Waals surface area contributed by atoms with Crippen LogP contribution in [0, 0.1) is 5.41 Å². The van der Waals surface area contributed by atoms with E-state index in [-0.39, 0.29) is 24.8 Å². The molecule has 22 heavy (non-hydrogen) atoms. The highest BCUT2D eigenvalue weighted by atomic mass is 35.5. The van der Waals surface area contributed by atoms with Crippen molar-refractivity contribution in [1.29, 1.82) is 0 Å². The van der Waals surface area contributed by atoms with Crippen LogP contribution in [0.15, 0.2) is 24.5 Å². The molecule has 6 heteroatoms. The Labute approximate surface area is 144 Å². The maximum absolute atomic E-state index is 12.3. The fourth-order valence-electron chi connectivity index (χ4n) is 3.41. The zero-order valence-corrected chi connectivity index (χ0v) is 14.4. The van der Waals surface area contributed by atoms with Crippen LogP contribution < -0.4 is 5.32 Å². The van der Waals surface area contributed by atoms with E-state index < -0.39 is 0 Å². The molecule has 1 spiro atoms. The van der Waals surface area contributed by atoms with E-state index >= 15 is 0 Å². The maximum atomic E-state index is 12.3. The van der Waals surface area contributed by atoms with E-state index in [1.807, 2.05) is 12.1 Å². The third-order valence-corrected chi connectivity index (χ3v) is 4.89. The summed E-state index contributed by atoms with van der Waals surface area (Å²) in [6.45, 7) is 4.18. The van der Waals surface area contributed by atoms with Crippen LogP contribution in [-0.2, 0) is 11.2 Å². The van der Waals surface area contributed by atoms with Gasteiger partial charge >= 0.3 is 0 Å². The standard InChI is InChI=1S/C16H23N3O.2ClH/c20-15(2-1-14-3-8-17-9-4-14)19-11-6-16(7-12-19)5-10-18-13-16;;/h3-4,8-9,18H,1-2,5-7,10-13H2;2*1H. The van der Waals surface area contributed by atoms with Gasteiger partial charge < -0.3 is 10.2 Å². The van der Waals surface area contributed by atoms with E-state index in [1.165, 1.54) is 24.8 Å². The second-order valence-electron chi connectivity index (χ2n) is 6.16. The van der Waals surface area contributed by atoms with Crippen molar-refractivity contribution < 1.29 is 4.79 Å². The Morgan fingerprint density at radius 2 is 1.86 bits per heavy atom. The van der Waals surface area contributed by atoms with Gasteiger partial charge in [0.1, 0.15) is 0 Å². The van der Waals surface area contributed by atoms with Gasteiger partial charge in [-0.3, -0.25) is 9.78 Å². The molecule has 0 aliphatic carbocycles. The normalized spacial score (nSPS) is 19.4. The van der Waals surface area contributed by atoms with Crippen molar-refractivity contribution in [3.8, 4) is 0 Å². The SMILES string of the molecule is Cl.Cl.O=C(CCc1ccncc1)N1CCC2(CCNC2)CC1. The molecule has 0 unspecified atom stereocenters. The molecule has 3 heterocycles. The predicted molar refractivity (Wildman–Crippen MR) is 92.8 cm³/mol. The van der Waals surface area contributed by atoms with Gasteiger partial charge in [0, 0.05) is 38.4 Å². The number of amides is 1. The molecule has 0 saturated carbocycles. The lowest BCUT2D eigenvalue weighted by molar-refractivity contribution is -0.133. The zero-order chi connectivity index (χ0) is 13.8. The highest BCUT2D eigenvalue weighted by molar-refractivity contribution is 5.85. The molecular weight excluding hydrogens is 321 g/mol. The van der Waals surface area contributed by atoms with Crippen LogP contribution in [0.3, 0.4) is 0 Å². The fraction of sp³-hybridized carbons (Fsp3) is 0.625. The van der Waals surface area contributed by atoms with E-state index in [0.29, 0.717) is 17.7 Å². The first kappa shape index (κ1) is 19.2. The number of likely N-dealkylation sites (tertiary alicyclic amines) is 1. The van der Waals surface area contributed by atoms with Gasteiger partial charge in [0.05, 0.1) is 0 Å². The molecule has 1 N–H and O–H groups in total. The fourth-order valence-corrected chi connectivity index (χ4v) is 3.41. The number of carbonyl (C=O) groups is 1. The van der Waals surface area contributed by atoms with Crippen molar-refractivity contribution in [3.05, 3.63) is 30.1 Å². The van der Waals surface area contributed by atoms with Gasteiger partial charge in [-0.25, -0.2) is 0 Å². The van der Waals surface area contributed by atoms with Gasteiger partial charge in [-0.2, -0.15) is 0 Å². The Bertz CT molecular complexity index is 454. The quantitative estimate of drug-likeness (QED) is 0.915. The third-order valence-electron chi connectivity index (χ3n) is 4.89. The highest BCUT2D eigenvalue weighted by Crippen LogP contribution is 2.36. The van der Waals surface area contributed by atoms with Gasteiger partial charge in [-0.1, -0.05) is 0 Å². The lowest BCUT2D eigenvalue weighted by Crippen LogP contribution is -2.44. The van der Waals surface area contributed by atoms with Gasteiger partial charge in [-0.15, -0.1) is 24.8 Å². The molecule has 2 fully saturated rings. The predicted octanol–water partition coefficient (Wildman–Crippen LogP) is 2.46. The van der Waals surface area contributed by atoms with Crippen LogP contribution in [0.2, 0.25) is 0 Å². The van der Waals surface area contributed by atoms with Gasteiger partial charge in [0.25, 0.3) is 0 Å². The maximum Gasteiger partial charge on any atom is 0.222 e. The molecule has 2 aliphatic rings. The molecule has 0 aromatic carbocycles. The summed E-state index contributed by atoms with van der Waals surface area (Å²) in [5.41, 5.74) is 1.68. The number of hydrogen-bond acceptors (Lipinski definition) is 3. The number of nitrogens with zero attached hydrogens (tertiary/aromatic N) is 2. The average molecular weight is 346 g/mol. The topological polar surface area (TPSA) is 45.2 Å². The molecule has 0 atom stereocenters. The van der Waals surface area contributed by atoms with E-state index in [2.05, 4.69) is 15.2 Å². The monoisotopic (exact) mass is 345 g/mol. The van der Waals surface area contributed by atoms with Crippen LogP contribution in [0.4, 0.5) is 0 Å². The summed E-state index contributed by atoms with van der Waals surface area (Å²) in [7, 11) is 0. The molecule has 0 radical (unpaired) electrons. The summed E-state index contributed by atoms with van der Waals surface area (Å²) in [6, 6.07) is 3.98. The van der Waals surface area contributed by atoms with Crippen molar-refractivity contribution in [1.82, 2.24) is 15.2 Å². The van der Waals surface area contributed by atoms with Crippen molar-refractivity contribution in [2.45, 2.75) is 32.1 Å². The van der Waals surface area contributed by atoms with Gasteiger partial charge in [0.15, 0.2) is 0 Å². The van der Waals surface area contributed by atoms with Crippen LogP contribution in [-0.4, -0.2) is 42.0 Å². The number of nitrogens with one attached hydrogen (secondary N) is 1. The number of halogens is 2. The summed E-state index contributed by atoms with van der Waals surface area (Å²) in [4.78, 5) is 18.3. The van der Waals surface area contributed by atoms with Crippen LogP contribution >= 0.6 is 24.8 Å². The Balaban J connectivity index is 0.00000121. The molecular formula is C16H25Cl2N3O. The zero-order valence-electron chi connectivity index (χ0n) is 12.8. The molecule has 4 nitrogen and oxygen atoms in total. The molecule has 0 bridgehead atoms. The largest absolute Gasteiger partial charge is 0.343 e. The van der Waals surface area contributed by atoms with Crippen molar-refractivity contribution in [2.75, 3.05) is 26.2 Å². The second kappa shape index (κ2) is 8.70. The molecule has 2 aliphatic heterocycles. The van der Waals surface area contributed by atoms with Crippen molar-refractivity contribution in [3.63, 3.8) is 0 Å². The van der Waals surface area contributed by atoms with E-state index in [0.717, 1.165) is 32.6 Å². The van der Waals surface area contributed by atoms with E-state index in [1.54, 1.807) is 12.4 Å². The second-order valence-corrected chi connectivity index (χ2v) is 6.16. The first-order valence-electron chi connectivity index (χ1n) is 7.65. The molecule has 3 rings (SSSR count). The van der Waals surface area contributed by atoms with Gasteiger partial charge in [-0.05, 0) is 55.3 Å². The highest BCUT2D eigenvalue weighted by Gasteiger charge is 2.37. The Morgan fingerprint density at radius 3 is 2.45 bits per heavy atom. The lowest BCUT2D eigenvalue weighted by atomic mass is 9.78. The number of rotatable bonds is 3. The number of aryl methyl sites for hydroxylation is 1. The summed E-state index contributed by atoms with van der Waals surface area (Å²) in [6.07, 6.45) is 8.64. The van der Waals surface area contributed by atoms with Gasteiger partial charge in [0.2, 0.25) is 5.91 Å². The number of pyridine rings is 1. The summed E-state index contributed by atoms with van der Waals surface area (Å²) in [5.74, 6) is 0.308. The molecule has 1 amide bonds. The summed E-state index contributed by atoms with van der Waals surface area (Å²) < 4.78 is 0. The first-order valence-corrected chi connectivity index (χ1v) is 7.65. The molecule has 2 saturated heterocycles. The van der Waals surface area contributed by atoms with Crippen LogP contribution in [0.25, 0.3) is 0 Å². The summed E-state index contributed by atoms with van der Waals surface area (Å²) in [5, 5.41) is 3.46. The molecule has 124 valence electrons. The molecule has 1 aromatic rings. The number of piperidine rings is 1. The van der Waals surface area contributed by atoms with Crippen LogP contribution in [0.5, 0.6) is 0 Å². The summed E-state index contributed by atoms with van der Waals surface area (Å²) >= 11 is 0. The van der Waals surface area contributed by atoms with Crippen molar-refractivity contribution >= 4 is 30.7 Å². The number of hydrogen-bond donors (Lipinski definition) is 1. The van der Waals surface area contributed by atoms with Crippen LogP contribution in [0.1, 0.15) is 31.2 Å². The minimum atomic E-state index is 0. The number of aromatic nitrogens is 1. The Kier molecular flexibility index (Phi) is 7.60. The minimum absolute atomic E-state index is 0. The smallest absolute Gasteiger partial charge is 0.222 e. The van der Waals surface area contributed by atoms with E-state index in [9.17, 15) is 4.79 Å². The van der Waals surface area contributed by atoms with E-state index in [4.69, 9.17) is 0 Å². The lowest BCUT2D eigenvalue weighted by Gasteiger charge is -2.39. The number of carbonyl (C=O) groups excluding carboxylic acids is 1. The third kappa shape index (κ3) is 4.58. The molecule has 1 aromatic heterocycles. The average Bonchev–Trinajstić information content (AvgIpc) is 2.95. The Hall–Kier alpha value is -0.840. The Morgan fingerprint density at radius 1 is 1.18 bits per heavy atom. The minimum Gasteiger partial charge on any atom is -0.343 e. The first-order chi connectivity index (χ1) is 9.77. The van der Waals surface area contributed by atoms with Crippen molar-refractivity contribution in [2.24, 2.45) is 5.41 Å².